The maximum atomic E-state index is 9.65. The van der Waals surface area contributed by atoms with Crippen LogP contribution in [0.1, 0.15) is 5.56 Å². The Morgan fingerprint density at radius 3 is 1.56 bits per heavy atom. The van der Waals surface area contributed by atoms with E-state index in [-0.39, 0.29) is 0 Å². The van der Waals surface area contributed by atoms with Crippen LogP contribution in [0.4, 0.5) is 17.1 Å². The van der Waals surface area contributed by atoms with Crippen LogP contribution in [0, 0.1) is 11.3 Å². The van der Waals surface area contributed by atoms with Gasteiger partial charge in [0.05, 0.1) is 11.6 Å². The highest BCUT2D eigenvalue weighted by Gasteiger charge is 2.23. The van der Waals surface area contributed by atoms with Gasteiger partial charge < -0.3 is 4.90 Å². The second kappa shape index (κ2) is 13.5. The average molecular weight is 699 g/mol. The van der Waals surface area contributed by atoms with E-state index in [4.69, 9.17) is 0 Å². The van der Waals surface area contributed by atoms with Crippen molar-refractivity contribution in [1.29, 1.82) is 5.26 Å². The highest BCUT2D eigenvalue weighted by atomic mass is 15.1. The summed E-state index contributed by atoms with van der Waals surface area (Å²) in [6, 6.07) is 76.0. The third-order valence-corrected chi connectivity index (χ3v) is 10.8. The second-order valence-corrected chi connectivity index (χ2v) is 14.0. The summed E-state index contributed by atoms with van der Waals surface area (Å²) < 4.78 is 0. The van der Waals surface area contributed by atoms with Gasteiger partial charge in [0.25, 0.3) is 0 Å². The third kappa shape index (κ3) is 5.59. The molecule has 55 heavy (non-hydrogen) atoms. The molecule has 0 fully saturated rings. The molecule has 10 aromatic carbocycles. The first-order chi connectivity index (χ1) is 27.2. The molecule has 0 aliphatic heterocycles. The predicted octanol–water partition coefficient (Wildman–Crippen LogP) is 14.6. The van der Waals surface area contributed by atoms with E-state index in [2.05, 4.69) is 193 Å². The number of rotatable bonds is 6. The van der Waals surface area contributed by atoms with E-state index in [9.17, 15) is 5.26 Å². The molecule has 0 N–H and O–H groups in total. The molecule has 0 aromatic heterocycles. The summed E-state index contributed by atoms with van der Waals surface area (Å²) in [5.41, 5.74) is 10.9. The Balaban J connectivity index is 1.34. The Hall–Kier alpha value is -7.47. The molecule has 0 bridgehead atoms. The molecule has 0 radical (unpaired) electrons. The fraction of sp³-hybridized carbons (Fsp3) is 0. The van der Waals surface area contributed by atoms with Crippen LogP contribution in [-0.2, 0) is 0 Å². The van der Waals surface area contributed by atoms with Gasteiger partial charge >= 0.3 is 0 Å². The van der Waals surface area contributed by atoms with Gasteiger partial charge in [-0.3, -0.25) is 0 Å². The summed E-state index contributed by atoms with van der Waals surface area (Å²) >= 11 is 0. The minimum Gasteiger partial charge on any atom is -0.310 e. The first kappa shape index (κ1) is 32.2. The van der Waals surface area contributed by atoms with Crippen LogP contribution in [0.25, 0.3) is 76.5 Å². The third-order valence-electron chi connectivity index (χ3n) is 10.8. The lowest BCUT2D eigenvalue weighted by Crippen LogP contribution is -2.10. The van der Waals surface area contributed by atoms with Crippen LogP contribution in [0.3, 0.4) is 0 Å². The monoisotopic (exact) mass is 698 g/mol. The van der Waals surface area contributed by atoms with Crippen LogP contribution in [-0.4, -0.2) is 0 Å². The largest absolute Gasteiger partial charge is 0.310 e. The quantitative estimate of drug-likeness (QED) is 0.162. The molecule has 10 aromatic rings. The van der Waals surface area contributed by atoms with E-state index in [1.165, 1.54) is 76.5 Å². The van der Waals surface area contributed by atoms with Crippen molar-refractivity contribution >= 4 is 60.2 Å². The van der Waals surface area contributed by atoms with Crippen LogP contribution in [0.5, 0.6) is 0 Å². The molecule has 0 saturated carbocycles. The fourth-order valence-corrected chi connectivity index (χ4v) is 8.32. The fourth-order valence-electron chi connectivity index (χ4n) is 8.32. The van der Waals surface area contributed by atoms with Gasteiger partial charge in [-0.1, -0.05) is 152 Å². The summed E-state index contributed by atoms with van der Waals surface area (Å²) in [5.74, 6) is 0. The van der Waals surface area contributed by atoms with Crippen molar-refractivity contribution in [3.63, 3.8) is 0 Å². The first-order valence-corrected chi connectivity index (χ1v) is 18.7. The van der Waals surface area contributed by atoms with Gasteiger partial charge in [0.15, 0.2) is 0 Å². The van der Waals surface area contributed by atoms with Gasteiger partial charge in [-0.25, -0.2) is 0 Å². The molecule has 0 heterocycles. The van der Waals surface area contributed by atoms with Crippen LogP contribution in [0.15, 0.2) is 206 Å². The van der Waals surface area contributed by atoms with Crippen molar-refractivity contribution in [3.8, 4) is 39.4 Å². The molecule has 256 valence electrons. The molecule has 2 heteroatoms. The van der Waals surface area contributed by atoms with E-state index in [1.807, 2.05) is 24.3 Å². The lowest BCUT2D eigenvalue weighted by Gasteiger charge is -2.27. The van der Waals surface area contributed by atoms with Crippen molar-refractivity contribution in [2.24, 2.45) is 0 Å². The SMILES string of the molecule is N#Cc1ccc(N(c2ccc3ccccc3c2)c2ccc3c(c2)c2ccccc2c2c(-c4ccccc4)cc(-c4ccccc4)c(-c4ccccc4)c32)cc1. The standard InChI is InChI=1S/C53H34N2/c54-35-36-24-27-42(28-25-36)55(43-29-26-37-14-10-11-21-41(37)32-43)44-30-31-47-50(33-44)45-22-12-13-23-46(45)52-49(39-17-6-2-7-18-39)34-48(38-15-4-1-5-16-38)51(53(47)52)40-19-8-3-9-20-40/h1-34H. The normalized spacial score (nSPS) is 11.3. The average Bonchev–Trinajstić information content (AvgIpc) is 3.27. The Morgan fingerprint density at radius 2 is 0.873 bits per heavy atom. The van der Waals surface area contributed by atoms with Crippen LogP contribution < -0.4 is 4.90 Å². The van der Waals surface area contributed by atoms with E-state index in [0.717, 1.165) is 17.1 Å². The lowest BCUT2D eigenvalue weighted by molar-refractivity contribution is 1.29. The van der Waals surface area contributed by atoms with Gasteiger partial charge in [-0.2, -0.15) is 5.26 Å². The minimum atomic E-state index is 0.634. The van der Waals surface area contributed by atoms with Crippen molar-refractivity contribution in [3.05, 3.63) is 212 Å². The van der Waals surface area contributed by atoms with E-state index in [1.54, 1.807) is 0 Å². The van der Waals surface area contributed by atoms with Crippen LogP contribution >= 0.6 is 0 Å². The van der Waals surface area contributed by atoms with Gasteiger partial charge in [0, 0.05) is 17.1 Å². The highest BCUT2D eigenvalue weighted by Crippen LogP contribution is 2.50. The molecule has 0 aliphatic carbocycles. The molecule has 2 nitrogen and oxygen atoms in total. The molecule has 0 aliphatic rings. The Labute approximate surface area is 320 Å². The molecule has 10 rings (SSSR count). The molecule has 0 amide bonds. The Bertz CT molecular complexity index is 3070. The zero-order valence-corrected chi connectivity index (χ0v) is 30.0. The predicted molar refractivity (Wildman–Crippen MR) is 232 cm³/mol. The Kier molecular flexibility index (Phi) is 7.90. The molecule has 0 unspecified atom stereocenters. The Morgan fingerprint density at radius 1 is 0.345 bits per heavy atom. The smallest absolute Gasteiger partial charge is 0.0991 e. The van der Waals surface area contributed by atoms with Crippen molar-refractivity contribution < 1.29 is 0 Å². The van der Waals surface area contributed by atoms with Crippen LogP contribution in [0.2, 0.25) is 0 Å². The highest BCUT2D eigenvalue weighted by molar-refractivity contribution is 6.33. The summed E-state index contributed by atoms with van der Waals surface area (Å²) in [5, 5.41) is 19.3. The molecular formula is C53H34N2. The minimum absolute atomic E-state index is 0.634. The zero-order valence-electron chi connectivity index (χ0n) is 30.0. The van der Waals surface area contributed by atoms with Gasteiger partial charge in [0.1, 0.15) is 0 Å². The summed E-state index contributed by atoms with van der Waals surface area (Å²) in [4.78, 5) is 2.31. The summed E-state index contributed by atoms with van der Waals surface area (Å²) in [6.07, 6.45) is 0. The first-order valence-electron chi connectivity index (χ1n) is 18.7. The van der Waals surface area contributed by atoms with Gasteiger partial charge in [-0.15, -0.1) is 0 Å². The van der Waals surface area contributed by atoms with Gasteiger partial charge in [0.2, 0.25) is 0 Å². The number of hydrogen-bond donors (Lipinski definition) is 0. The lowest BCUT2D eigenvalue weighted by atomic mass is 9.81. The number of nitrogens with zero attached hydrogens (tertiary/aromatic N) is 2. The number of hydrogen-bond acceptors (Lipinski definition) is 2. The summed E-state index contributed by atoms with van der Waals surface area (Å²) in [7, 11) is 0. The molecular weight excluding hydrogens is 665 g/mol. The second-order valence-electron chi connectivity index (χ2n) is 14.0. The maximum Gasteiger partial charge on any atom is 0.0991 e. The number of anilines is 3. The van der Waals surface area contributed by atoms with Gasteiger partial charge in [-0.05, 0) is 131 Å². The number of benzene rings is 10. The van der Waals surface area contributed by atoms with Crippen molar-refractivity contribution in [1.82, 2.24) is 0 Å². The van der Waals surface area contributed by atoms with E-state index < -0.39 is 0 Å². The molecule has 0 saturated heterocycles. The molecule has 0 atom stereocenters. The van der Waals surface area contributed by atoms with E-state index >= 15 is 0 Å². The number of fused-ring (bicyclic) bond motifs is 7. The van der Waals surface area contributed by atoms with Crippen molar-refractivity contribution in [2.75, 3.05) is 4.90 Å². The summed E-state index contributed by atoms with van der Waals surface area (Å²) in [6.45, 7) is 0. The zero-order chi connectivity index (χ0) is 36.7. The van der Waals surface area contributed by atoms with E-state index in [0.29, 0.717) is 5.56 Å². The van der Waals surface area contributed by atoms with Crippen molar-refractivity contribution in [2.45, 2.75) is 0 Å². The number of nitriles is 1. The topological polar surface area (TPSA) is 27.0 Å². The molecule has 0 spiro atoms. The maximum absolute atomic E-state index is 9.65.